The van der Waals surface area contributed by atoms with E-state index >= 15 is 0 Å². The van der Waals surface area contributed by atoms with Crippen LogP contribution in [0.4, 0.5) is 0 Å². The largest absolute Gasteiger partial charge is 0.375 e. The summed E-state index contributed by atoms with van der Waals surface area (Å²) in [6.07, 6.45) is 3.59. The predicted molar refractivity (Wildman–Crippen MR) is 105 cm³/mol. The van der Waals surface area contributed by atoms with Crippen molar-refractivity contribution in [1.82, 2.24) is 15.1 Å². The molecule has 0 radical (unpaired) electrons. The van der Waals surface area contributed by atoms with Gasteiger partial charge in [-0.2, -0.15) is 0 Å². The molecular formula is C21H29N3O4. The van der Waals surface area contributed by atoms with Crippen molar-refractivity contribution in [2.24, 2.45) is 5.92 Å². The van der Waals surface area contributed by atoms with Gasteiger partial charge in [-0.1, -0.05) is 31.0 Å². The Morgan fingerprint density at radius 1 is 1.11 bits per heavy atom. The molecule has 1 aromatic rings. The highest BCUT2D eigenvalue weighted by molar-refractivity contribution is 5.94. The van der Waals surface area contributed by atoms with E-state index in [-0.39, 0.29) is 36.3 Å². The SMILES string of the molecule is COCC(=O)N1CCN(C(=O)c2ccccc2)CCNC(=O)[C@H]2CCCC[C@H]21. The maximum atomic E-state index is 12.9. The van der Waals surface area contributed by atoms with Crippen LogP contribution in [-0.4, -0.2) is 73.5 Å². The Kier molecular flexibility index (Phi) is 7.03. The molecule has 2 atom stereocenters. The van der Waals surface area contributed by atoms with Gasteiger partial charge in [0.05, 0.1) is 5.92 Å². The summed E-state index contributed by atoms with van der Waals surface area (Å²) in [4.78, 5) is 41.9. The molecular weight excluding hydrogens is 358 g/mol. The van der Waals surface area contributed by atoms with Crippen molar-refractivity contribution in [3.8, 4) is 0 Å². The van der Waals surface area contributed by atoms with Crippen molar-refractivity contribution < 1.29 is 19.1 Å². The summed E-state index contributed by atoms with van der Waals surface area (Å²) in [6.45, 7) is 1.67. The Bertz CT molecular complexity index is 694. The van der Waals surface area contributed by atoms with E-state index in [2.05, 4.69) is 5.32 Å². The fourth-order valence-corrected chi connectivity index (χ4v) is 4.22. The van der Waals surface area contributed by atoms with Crippen LogP contribution in [-0.2, 0) is 14.3 Å². The minimum atomic E-state index is -0.189. The molecule has 3 rings (SSSR count). The van der Waals surface area contributed by atoms with Crippen molar-refractivity contribution in [2.45, 2.75) is 31.7 Å². The second-order valence-corrected chi connectivity index (χ2v) is 7.43. The Hall–Kier alpha value is -2.41. The van der Waals surface area contributed by atoms with Crippen LogP contribution < -0.4 is 5.32 Å². The molecule has 1 heterocycles. The Labute approximate surface area is 166 Å². The van der Waals surface area contributed by atoms with Gasteiger partial charge in [0.1, 0.15) is 6.61 Å². The highest BCUT2D eigenvalue weighted by Gasteiger charge is 2.37. The summed E-state index contributed by atoms with van der Waals surface area (Å²) in [5, 5.41) is 2.98. The molecule has 152 valence electrons. The molecule has 1 saturated heterocycles. The number of hydrogen-bond donors (Lipinski definition) is 1. The average molecular weight is 387 g/mol. The highest BCUT2D eigenvalue weighted by Crippen LogP contribution is 2.29. The number of fused-ring (bicyclic) bond motifs is 1. The smallest absolute Gasteiger partial charge is 0.253 e. The molecule has 1 aliphatic heterocycles. The summed E-state index contributed by atoms with van der Waals surface area (Å²) < 4.78 is 5.06. The van der Waals surface area contributed by atoms with Crippen molar-refractivity contribution in [3.63, 3.8) is 0 Å². The first-order valence-electron chi connectivity index (χ1n) is 10.0. The third-order valence-electron chi connectivity index (χ3n) is 5.65. The van der Waals surface area contributed by atoms with Gasteiger partial charge in [0, 0.05) is 44.9 Å². The number of nitrogens with one attached hydrogen (secondary N) is 1. The van der Waals surface area contributed by atoms with Gasteiger partial charge in [-0.05, 0) is 25.0 Å². The van der Waals surface area contributed by atoms with Crippen molar-refractivity contribution in [2.75, 3.05) is 39.9 Å². The van der Waals surface area contributed by atoms with Crippen LogP contribution in [0.15, 0.2) is 30.3 Å². The van der Waals surface area contributed by atoms with E-state index in [9.17, 15) is 14.4 Å². The topological polar surface area (TPSA) is 79.0 Å². The number of methoxy groups -OCH3 is 1. The molecule has 3 amide bonds. The summed E-state index contributed by atoms with van der Waals surface area (Å²) in [5.41, 5.74) is 0.608. The normalized spacial score (nSPS) is 23.5. The van der Waals surface area contributed by atoms with Gasteiger partial charge in [-0.3, -0.25) is 14.4 Å². The molecule has 0 unspecified atom stereocenters. The standard InChI is InChI=1S/C21H29N3O4/c1-28-15-19(25)24-14-13-23(21(27)16-7-3-2-4-8-16)12-11-22-20(26)17-9-5-6-10-18(17)24/h2-4,7-8,17-18H,5-6,9-15H2,1H3,(H,22,26)/t17-,18+/m0/s1. The first-order chi connectivity index (χ1) is 13.6. The van der Waals surface area contributed by atoms with Crippen LogP contribution in [0, 0.1) is 5.92 Å². The molecule has 1 N–H and O–H groups in total. The van der Waals surface area contributed by atoms with Gasteiger partial charge >= 0.3 is 0 Å². The minimum Gasteiger partial charge on any atom is -0.375 e. The van der Waals surface area contributed by atoms with Gasteiger partial charge in [0.2, 0.25) is 11.8 Å². The van der Waals surface area contributed by atoms with Crippen LogP contribution >= 0.6 is 0 Å². The van der Waals surface area contributed by atoms with Crippen molar-refractivity contribution in [3.05, 3.63) is 35.9 Å². The monoisotopic (exact) mass is 387 g/mol. The van der Waals surface area contributed by atoms with E-state index < -0.39 is 0 Å². The van der Waals surface area contributed by atoms with Crippen molar-refractivity contribution >= 4 is 17.7 Å². The molecule has 0 spiro atoms. The lowest BCUT2D eigenvalue weighted by atomic mass is 9.82. The van der Waals surface area contributed by atoms with Crippen LogP contribution in [0.3, 0.4) is 0 Å². The third kappa shape index (κ3) is 4.70. The number of rotatable bonds is 3. The summed E-state index contributed by atoms with van der Waals surface area (Å²) in [7, 11) is 1.50. The minimum absolute atomic E-state index is 0.0164. The summed E-state index contributed by atoms with van der Waals surface area (Å²) in [6, 6.07) is 8.96. The molecule has 1 saturated carbocycles. The fourth-order valence-electron chi connectivity index (χ4n) is 4.22. The number of benzene rings is 1. The molecule has 28 heavy (non-hydrogen) atoms. The summed E-state index contributed by atoms with van der Waals surface area (Å²) in [5.74, 6) is -0.422. The number of hydrogen-bond acceptors (Lipinski definition) is 4. The van der Waals surface area contributed by atoms with E-state index in [1.165, 1.54) is 7.11 Å². The Morgan fingerprint density at radius 2 is 1.86 bits per heavy atom. The van der Waals surface area contributed by atoms with E-state index in [0.29, 0.717) is 31.7 Å². The first-order valence-corrected chi connectivity index (χ1v) is 10.0. The zero-order valence-electron chi connectivity index (χ0n) is 16.4. The lowest BCUT2D eigenvalue weighted by molar-refractivity contribution is -0.142. The Morgan fingerprint density at radius 3 is 2.61 bits per heavy atom. The molecule has 2 fully saturated rings. The molecule has 2 aliphatic rings. The zero-order valence-corrected chi connectivity index (χ0v) is 16.4. The van der Waals surface area contributed by atoms with Gasteiger partial charge in [-0.15, -0.1) is 0 Å². The van der Waals surface area contributed by atoms with Crippen LogP contribution in [0.2, 0.25) is 0 Å². The number of amides is 3. The average Bonchev–Trinajstić information content (AvgIpc) is 2.73. The van der Waals surface area contributed by atoms with Gasteiger partial charge < -0.3 is 19.9 Å². The molecule has 0 bridgehead atoms. The molecule has 1 aliphatic carbocycles. The van der Waals surface area contributed by atoms with Crippen molar-refractivity contribution in [1.29, 1.82) is 0 Å². The van der Waals surface area contributed by atoms with Gasteiger partial charge in [-0.25, -0.2) is 0 Å². The second kappa shape index (κ2) is 9.68. The van der Waals surface area contributed by atoms with Crippen LogP contribution in [0.5, 0.6) is 0 Å². The maximum Gasteiger partial charge on any atom is 0.253 e. The number of nitrogens with zero attached hydrogens (tertiary/aromatic N) is 2. The molecule has 7 nitrogen and oxygen atoms in total. The third-order valence-corrected chi connectivity index (χ3v) is 5.65. The fraction of sp³-hybridized carbons (Fsp3) is 0.571. The number of carbonyl (C=O) groups excluding carboxylic acids is 3. The van der Waals surface area contributed by atoms with E-state index in [0.717, 1.165) is 25.7 Å². The van der Waals surface area contributed by atoms with Gasteiger partial charge in [0.25, 0.3) is 5.91 Å². The van der Waals surface area contributed by atoms with Crippen LogP contribution in [0.25, 0.3) is 0 Å². The van der Waals surface area contributed by atoms with E-state index in [1.807, 2.05) is 18.2 Å². The summed E-state index contributed by atoms with van der Waals surface area (Å²) >= 11 is 0. The van der Waals surface area contributed by atoms with E-state index in [1.54, 1.807) is 21.9 Å². The number of ether oxygens (including phenoxy) is 1. The number of carbonyl (C=O) groups is 3. The highest BCUT2D eigenvalue weighted by atomic mass is 16.5. The molecule has 7 heteroatoms. The van der Waals surface area contributed by atoms with Gasteiger partial charge in [0.15, 0.2) is 0 Å². The second-order valence-electron chi connectivity index (χ2n) is 7.43. The van der Waals surface area contributed by atoms with Crippen LogP contribution in [0.1, 0.15) is 36.0 Å². The Balaban J connectivity index is 1.82. The maximum absolute atomic E-state index is 12.9. The molecule has 1 aromatic carbocycles. The predicted octanol–water partition coefficient (Wildman–Crippen LogP) is 1.29. The first kappa shape index (κ1) is 20.3. The zero-order chi connectivity index (χ0) is 19.9. The molecule has 0 aromatic heterocycles. The lowest BCUT2D eigenvalue weighted by Gasteiger charge is -2.41. The quantitative estimate of drug-likeness (QED) is 0.848. The van der Waals surface area contributed by atoms with E-state index in [4.69, 9.17) is 4.74 Å². The lowest BCUT2D eigenvalue weighted by Crippen LogP contribution is -2.56.